The zero-order valence-corrected chi connectivity index (χ0v) is 14.0. The number of oxazole rings is 1. The number of hydrogen-bond donors (Lipinski definition) is 0. The molecule has 2 aromatic rings. The van der Waals surface area contributed by atoms with Crippen LogP contribution in [0.5, 0.6) is 0 Å². The third-order valence-electron chi connectivity index (χ3n) is 4.73. The van der Waals surface area contributed by atoms with Crippen LogP contribution in [0.4, 0.5) is 5.82 Å². The van der Waals surface area contributed by atoms with Crippen LogP contribution in [0.25, 0.3) is 0 Å². The van der Waals surface area contributed by atoms with E-state index in [1.54, 1.807) is 0 Å². The second kappa shape index (κ2) is 5.89. The van der Waals surface area contributed by atoms with E-state index in [-0.39, 0.29) is 11.9 Å². The molecule has 0 N–H and O–H groups in total. The van der Waals surface area contributed by atoms with Crippen molar-refractivity contribution < 1.29 is 9.21 Å². The first-order valence-electron chi connectivity index (χ1n) is 8.40. The number of carbonyl (C=O) groups is 1. The molecule has 1 unspecified atom stereocenters. The lowest BCUT2D eigenvalue weighted by molar-refractivity contribution is 0.0724. The molecule has 1 saturated carbocycles. The molecule has 3 heterocycles. The highest BCUT2D eigenvalue weighted by molar-refractivity contribution is 5.94. The van der Waals surface area contributed by atoms with Gasteiger partial charge in [0.2, 0.25) is 0 Å². The molecular formula is C17H21N5O2. The molecule has 126 valence electrons. The molecule has 1 aliphatic heterocycles. The summed E-state index contributed by atoms with van der Waals surface area (Å²) in [4.78, 5) is 20.9. The smallest absolute Gasteiger partial charge is 0.276 e. The minimum Gasteiger partial charge on any atom is -0.447 e. The van der Waals surface area contributed by atoms with Crippen LogP contribution in [0, 0.1) is 0 Å². The Hall–Kier alpha value is -2.44. The topological polar surface area (TPSA) is 75.4 Å². The van der Waals surface area contributed by atoms with Gasteiger partial charge in [-0.1, -0.05) is 0 Å². The Balaban J connectivity index is 1.58. The summed E-state index contributed by atoms with van der Waals surface area (Å²) in [6.45, 7) is 0.720. The van der Waals surface area contributed by atoms with Crippen molar-refractivity contribution in [2.45, 2.75) is 37.6 Å². The second-order valence-electron chi connectivity index (χ2n) is 6.71. The van der Waals surface area contributed by atoms with Gasteiger partial charge in [0.15, 0.2) is 17.9 Å². The first-order valence-corrected chi connectivity index (χ1v) is 8.40. The van der Waals surface area contributed by atoms with Gasteiger partial charge in [-0.25, -0.2) is 4.98 Å². The molecule has 7 nitrogen and oxygen atoms in total. The summed E-state index contributed by atoms with van der Waals surface area (Å²) in [6, 6.07) is 3.86. The summed E-state index contributed by atoms with van der Waals surface area (Å²) in [5, 5.41) is 8.58. The Bertz CT molecular complexity index is 736. The third-order valence-corrected chi connectivity index (χ3v) is 4.73. The normalized spacial score (nSPS) is 20.4. The summed E-state index contributed by atoms with van der Waals surface area (Å²) < 4.78 is 5.46. The first-order chi connectivity index (χ1) is 11.6. The highest BCUT2D eigenvalue weighted by Crippen LogP contribution is 2.42. The highest BCUT2D eigenvalue weighted by atomic mass is 16.3. The monoisotopic (exact) mass is 327 g/mol. The van der Waals surface area contributed by atoms with Gasteiger partial charge in [-0.2, -0.15) is 5.10 Å². The minimum atomic E-state index is -0.0494. The average molecular weight is 327 g/mol. The molecule has 7 heteroatoms. The Kier molecular flexibility index (Phi) is 3.70. The standard InChI is InChI=1S/C17H21N5O2/c1-21(2)14-8-7-12(19-20-14)13-4-3-9-22(13)17(23)15-16(11-5-6-11)24-10-18-15/h7-8,10-11,13H,3-6,9H2,1-2H3. The van der Waals surface area contributed by atoms with Gasteiger partial charge in [0.1, 0.15) is 5.76 Å². The van der Waals surface area contributed by atoms with E-state index in [1.807, 2.05) is 36.0 Å². The van der Waals surface area contributed by atoms with Crippen LogP contribution >= 0.6 is 0 Å². The van der Waals surface area contributed by atoms with Crippen LogP contribution in [0.3, 0.4) is 0 Å². The molecule has 24 heavy (non-hydrogen) atoms. The molecular weight excluding hydrogens is 306 g/mol. The zero-order valence-electron chi connectivity index (χ0n) is 14.0. The summed E-state index contributed by atoms with van der Waals surface area (Å²) in [5.74, 6) is 1.88. The van der Waals surface area contributed by atoms with Crippen molar-refractivity contribution in [1.29, 1.82) is 0 Å². The quantitative estimate of drug-likeness (QED) is 0.858. The third kappa shape index (κ3) is 2.64. The van der Waals surface area contributed by atoms with Crippen molar-refractivity contribution in [3.8, 4) is 0 Å². The summed E-state index contributed by atoms with van der Waals surface area (Å²) >= 11 is 0. The van der Waals surface area contributed by atoms with Crippen LogP contribution in [0.2, 0.25) is 0 Å². The van der Waals surface area contributed by atoms with Crippen LogP contribution in [0.15, 0.2) is 22.9 Å². The van der Waals surface area contributed by atoms with Gasteiger partial charge in [-0.15, -0.1) is 5.10 Å². The van der Waals surface area contributed by atoms with Gasteiger partial charge in [0.25, 0.3) is 5.91 Å². The van der Waals surface area contributed by atoms with E-state index in [9.17, 15) is 4.79 Å². The molecule has 0 bridgehead atoms. The maximum absolute atomic E-state index is 13.0. The van der Waals surface area contributed by atoms with Gasteiger partial charge < -0.3 is 14.2 Å². The fourth-order valence-electron chi connectivity index (χ4n) is 3.26. The maximum Gasteiger partial charge on any atom is 0.276 e. The molecule has 1 amide bonds. The van der Waals surface area contributed by atoms with Crippen molar-refractivity contribution in [1.82, 2.24) is 20.1 Å². The lowest BCUT2D eigenvalue weighted by Crippen LogP contribution is -2.32. The Morgan fingerprint density at radius 3 is 2.75 bits per heavy atom. The molecule has 1 aliphatic carbocycles. The summed E-state index contributed by atoms with van der Waals surface area (Å²) in [5.41, 5.74) is 1.31. The van der Waals surface area contributed by atoms with Gasteiger partial charge in [-0.3, -0.25) is 4.79 Å². The number of nitrogens with zero attached hydrogens (tertiary/aromatic N) is 5. The van der Waals surface area contributed by atoms with Crippen LogP contribution in [0.1, 0.15) is 59.6 Å². The maximum atomic E-state index is 13.0. The molecule has 0 aromatic carbocycles. The van der Waals surface area contributed by atoms with Crippen molar-refractivity contribution in [3.05, 3.63) is 35.7 Å². The number of amides is 1. The number of likely N-dealkylation sites (tertiary alicyclic amines) is 1. The van der Waals surface area contributed by atoms with Gasteiger partial charge in [0.05, 0.1) is 11.7 Å². The summed E-state index contributed by atoms with van der Waals surface area (Å²) in [6.07, 6.45) is 5.41. The molecule has 2 fully saturated rings. The number of rotatable bonds is 4. The van der Waals surface area contributed by atoms with Gasteiger partial charge >= 0.3 is 0 Å². The number of carbonyl (C=O) groups excluding carboxylic acids is 1. The Morgan fingerprint density at radius 2 is 2.08 bits per heavy atom. The number of anilines is 1. The van der Waals surface area contributed by atoms with Crippen molar-refractivity contribution in [2.75, 3.05) is 25.5 Å². The second-order valence-corrected chi connectivity index (χ2v) is 6.71. The minimum absolute atomic E-state index is 0.0371. The highest BCUT2D eigenvalue weighted by Gasteiger charge is 2.38. The zero-order chi connectivity index (χ0) is 16.7. The van der Waals surface area contributed by atoms with E-state index in [2.05, 4.69) is 15.2 Å². The summed E-state index contributed by atoms with van der Waals surface area (Å²) in [7, 11) is 3.86. The molecule has 2 aromatic heterocycles. The molecule has 0 spiro atoms. The van der Waals surface area contributed by atoms with E-state index in [1.165, 1.54) is 6.39 Å². The number of hydrogen-bond acceptors (Lipinski definition) is 6. The molecule has 0 radical (unpaired) electrons. The largest absolute Gasteiger partial charge is 0.447 e. The van der Waals surface area contributed by atoms with Gasteiger partial charge in [0, 0.05) is 26.6 Å². The lowest BCUT2D eigenvalue weighted by Gasteiger charge is -2.23. The van der Waals surface area contributed by atoms with Crippen molar-refractivity contribution >= 4 is 11.7 Å². The van der Waals surface area contributed by atoms with E-state index in [0.717, 1.165) is 49.5 Å². The van der Waals surface area contributed by atoms with E-state index in [0.29, 0.717) is 11.6 Å². The molecule has 4 rings (SSSR count). The number of aromatic nitrogens is 3. The first kappa shape index (κ1) is 15.1. The average Bonchev–Trinajstić information content (AvgIpc) is 3.13. The predicted molar refractivity (Wildman–Crippen MR) is 87.8 cm³/mol. The van der Waals surface area contributed by atoms with E-state index < -0.39 is 0 Å². The fraction of sp³-hybridized carbons (Fsp3) is 0.529. The lowest BCUT2D eigenvalue weighted by atomic mass is 10.1. The fourth-order valence-corrected chi connectivity index (χ4v) is 3.26. The van der Waals surface area contributed by atoms with Crippen molar-refractivity contribution in [3.63, 3.8) is 0 Å². The molecule has 2 aliphatic rings. The Labute approximate surface area is 140 Å². The van der Waals surface area contributed by atoms with Gasteiger partial charge in [-0.05, 0) is 37.8 Å². The SMILES string of the molecule is CN(C)c1ccc(C2CCCN2C(=O)c2ncoc2C2CC2)nn1. The van der Waals surface area contributed by atoms with E-state index in [4.69, 9.17) is 4.42 Å². The van der Waals surface area contributed by atoms with Crippen LogP contribution in [-0.4, -0.2) is 46.6 Å². The van der Waals surface area contributed by atoms with Crippen LogP contribution in [-0.2, 0) is 0 Å². The van der Waals surface area contributed by atoms with E-state index >= 15 is 0 Å². The predicted octanol–water partition coefficient (Wildman–Crippen LogP) is 2.39. The Morgan fingerprint density at radius 1 is 1.25 bits per heavy atom. The molecule has 1 atom stereocenters. The van der Waals surface area contributed by atoms with Crippen LogP contribution < -0.4 is 4.90 Å². The van der Waals surface area contributed by atoms with Crippen molar-refractivity contribution in [2.24, 2.45) is 0 Å². The molecule has 1 saturated heterocycles.